The summed E-state index contributed by atoms with van der Waals surface area (Å²) in [7, 11) is 0. The first kappa shape index (κ1) is 13.7. The van der Waals surface area contributed by atoms with Crippen molar-refractivity contribution in [2.75, 3.05) is 0 Å². The van der Waals surface area contributed by atoms with E-state index in [9.17, 15) is 0 Å². The molecule has 0 heteroatoms. The SMILES string of the molecule is CCCCCCC(C)CC=C(C)CC. The van der Waals surface area contributed by atoms with Gasteiger partial charge < -0.3 is 0 Å². The van der Waals surface area contributed by atoms with Crippen molar-refractivity contribution in [1.29, 1.82) is 0 Å². The molecule has 0 bridgehead atoms. The van der Waals surface area contributed by atoms with Crippen LogP contribution < -0.4 is 0 Å². The fraction of sp³-hybridized carbons (Fsp3) is 0.857. The minimum absolute atomic E-state index is 0.883. The Labute approximate surface area is 90.8 Å². The Bertz CT molecular complexity index is 144. The molecule has 14 heavy (non-hydrogen) atoms. The molecule has 0 amide bonds. The maximum atomic E-state index is 2.42. The third kappa shape index (κ3) is 8.34. The molecule has 0 fully saturated rings. The van der Waals surface area contributed by atoms with Crippen LogP contribution >= 0.6 is 0 Å². The molecule has 0 saturated carbocycles. The summed E-state index contributed by atoms with van der Waals surface area (Å²) in [6.07, 6.45) is 11.9. The highest BCUT2D eigenvalue weighted by Gasteiger charge is 1.99. The topological polar surface area (TPSA) is 0 Å². The first-order valence-corrected chi connectivity index (χ1v) is 6.36. The van der Waals surface area contributed by atoms with E-state index in [1.54, 1.807) is 5.57 Å². The van der Waals surface area contributed by atoms with Crippen molar-refractivity contribution in [1.82, 2.24) is 0 Å². The van der Waals surface area contributed by atoms with Crippen molar-refractivity contribution in [3.05, 3.63) is 11.6 Å². The monoisotopic (exact) mass is 196 g/mol. The van der Waals surface area contributed by atoms with Gasteiger partial charge in [0.2, 0.25) is 0 Å². The van der Waals surface area contributed by atoms with Crippen LogP contribution in [0.1, 0.15) is 72.6 Å². The van der Waals surface area contributed by atoms with Crippen LogP contribution in [-0.4, -0.2) is 0 Å². The summed E-state index contributed by atoms with van der Waals surface area (Å²) >= 11 is 0. The molecule has 0 aromatic carbocycles. The maximum absolute atomic E-state index is 2.42. The van der Waals surface area contributed by atoms with Gasteiger partial charge in [-0.1, -0.05) is 64.5 Å². The number of allylic oxidation sites excluding steroid dienone is 2. The van der Waals surface area contributed by atoms with Crippen LogP contribution in [0.3, 0.4) is 0 Å². The van der Waals surface area contributed by atoms with E-state index in [-0.39, 0.29) is 0 Å². The summed E-state index contributed by atoms with van der Waals surface area (Å²) in [5.74, 6) is 0.883. The maximum Gasteiger partial charge on any atom is -0.0322 e. The molecule has 1 unspecified atom stereocenters. The molecule has 0 spiro atoms. The van der Waals surface area contributed by atoms with Gasteiger partial charge in [-0.15, -0.1) is 0 Å². The molecule has 0 aliphatic heterocycles. The minimum atomic E-state index is 0.883. The van der Waals surface area contributed by atoms with E-state index in [0.717, 1.165) is 5.92 Å². The van der Waals surface area contributed by atoms with Gasteiger partial charge in [0.15, 0.2) is 0 Å². The molecule has 0 heterocycles. The van der Waals surface area contributed by atoms with Crippen LogP contribution in [0.15, 0.2) is 11.6 Å². The lowest BCUT2D eigenvalue weighted by atomic mass is 9.98. The van der Waals surface area contributed by atoms with Crippen LogP contribution in [0.25, 0.3) is 0 Å². The summed E-state index contributed by atoms with van der Waals surface area (Å²) in [4.78, 5) is 0. The zero-order chi connectivity index (χ0) is 10.8. The van der Waals surface area contributed by atoms with E-state index in [1.165, 1.54) is 44.9 Å². The lowest BCUT2D eigenvalue weighted by Gasteiger charge is -2.08. The van der Waals surface area contributed by atoms with Gasteiger partial charge in [-0.25, -0.2) is 0 Å². The molecule has 0 nitrogen and oxygen atoms in total. The number of hydrogen-bond donors (Lipinski definition) is 0. The molecule has 1 atom stereocenters. The summed E-state index contributed by atoms with van der Waals surface area (Å²) in [5.41, 5.74) is 1.55. The van der Waals surface area contributed by atoms with Crippen LogP contribution in [0, 0.1) is 5.92 Å². The predicted molar refractivity (Wildman–Crippen MR) is 66.6 cm³/mol. The summed E-state index contributed by atoms with van der Waals surface area (Å²) < 4.78 is 0. The van der Waals surface area contributed by atoms with E-state index < -0.39 is 0 Å². The smallest absolute Gasteiger partial charge is 0.0322 e. The van der Waals surface area contributed by atoms with Crippen molar-refractivity contribution in [3.8, 4) is 0 Å². The third-order valence-corrected chi connectivity index (χ3v) is 2.98. The van der Waals surface area contributed by atoms with Crippen molar-refractivity contribution < 1.29 is 0 Å². The highest BCUT2D eigenvalue weighted by Crippen LogP contribution is 2.15. The molecule has 0 aromatic rings. The molecule has 0 aliphatic carbocycles. The van der Waals surface area contributed by atoms with Crippen molar-refractivity contribution in [2.24, 2.45) is 5.92 Å². The fourth-order valence-corrected chi connectivity index (χ4v) is 1.58. The van der Waals surface area contributed by atoms with Gasteiger partial charge in [-0.05, 0) is 25.7 Å². The minimum Gasteiger partial charge on any atom is -0.0854 e. The van der Waals surface area contributed by atoms with Gasteiger partial charge in [0.25, 0.3) is 0 Å². The van der Waals surface area contributed by atoms with Gasteiger partial charge in [-0.2, -0.15) is 0 Å². The average molecular weight is 196 g/mol. The first-order valence-electron chi connectivity index (χ1n) is 6.36. The zero-order valence-corrected chi connectivity index (χ0v) is 10.6. The summed E-state index contributed by atoms with van der Waals surface area (Å²) in [6, 6.07) is 0. The second kappa shape index (κ2) is 9.30. The van der Waals surface area contributed by atoms with E-state index >= 15 is 0 Å². The van der Waals surface area contributed by atoms with E-state index in [1.807, 2.05) is 0 Å². The lowest BCUT2D eigenvalue weighted by Crippen LogP contribution is -1.93. The van der Waals surface area contributed by atoms with Crippen molar-refractivity contribution in [3.63, 3.8) is 0 Å². The zero-order valence-electron chi connectivity index (χ0n) is 10.6. The van der Waals surface area contributed by atoms with Crippen molar-refractivity contribution >= 4 is 0 Å². The first-order chi connectivity index (χ1) is 6.70. The molecular weight excluding hydrogens is 168 g/mol. The van der Waals surface area contributed by atoms with Crippen LogP contribution in [0.4, 0.5) is 0 Å². The molecule has 0 aliphatic rings. The third-order valence-electron chi connectivity index (χ3n) is 2.98. The van der Waals surface area contributed by atoms with E-state index in [2.05, 4.69) is 33.8 Å². The Morgan fingerprint density at radius 3 is 2.43 bits per heavy atom. The van der Waals surface area contributed by atoms with Crippen molar-refractivity contribution in [2.45, 2.75) is 72.6 Å². The Morgan fingerprint density at radius 2 is 1.86 bits per heavy atom. The van der Waals surface area contributed by atoms with Gasteiger partial charge in [0.1, 0.15) is 0 Å². The molecule has 0 rings (SSSR count). The highest BCUT2D eigenvalue weighted by molar-refractivity contribution is 4.96. The standard InChI is InChI=1S/C14H28/c1-5-7-8-9-10-14(4)12-11-13(3)6-2/h11,14H,5-10,12H2,1-4H3. The van der Waals surface area contributed by atoms with Crippen LogP contribution in [-0.2, 0) is 0 Å². The van der Waals surface area contributed by atoms with Crippen LogP contribution in [0.5, 0.6) is 0 Å². The van der Waals surface area contributed by atoms with E-state index in [4.69, 9.17) is 0 Å². The van der Waals surface area contributed by atoms with Gasteiger partial charge in [0, 0.05) is 0 Å². The second-order valence-corrected chi connectivity index (χ2v) is 4.59. The quantitative estimate of drug-likeness (QED) is 0.363. The van der Waals surface area contributed by atoms with Gasteiger partial charge in [-0.3, -0.25) is 0 Å². The average Bonchev–Trinajstić information content (AvgIpc) is 2.21. The van der Waals surface area contributed by atoms with Gasteiger partial charge in [0.05, 0.1) is 0 Å². The normalized spacial score (nSPS) is 14.4. The second-order valence-electron chi connectivity index (χ2n) is 4.59. The van der Waals surface area contributed by atoms with Gasteiger partial charge >= 0.3 is 0 Å². The van der Waals surface area contributed by atoms with E-state index in [0.29, 0.717) is 0 Å². The number of unbranched alkanes of at least 4 members (excludes halogenated alkanes) is 3. The molecule has 0 saturated heterocycles. The Kier molecular flexibility index (Phi) is 9.13. The highest BCUT2D eigenvalue weighted by atomic mass is 14.1. The van der Waals surface area contributed by atoms with Crippen LogP contribution in [0.2, 0.25) is 0 Å². The largest absolute Gasteiger partial charge is 0.0854 e. The number of rotatable bonds is 8. The Balaban J connectivity index is 3.41. The lowest BCUT2D eigenvalue weighted by molar-refractivity contribution is 0.493. The molecular formula is C14H28. The number of hydrogen-bond acceptors (Lipinski definition) is 0. The Hall–Kier alpha value is -0.260. The predicted octanol–water partition coefficient (Wildman–Crippen LogP) is 5.34. The Morgan fingerprint density at radius 1 is 1.14 bits per heavy atom. The summed E-state index contributed by atoms with van der Waals surface area (Å²) in [5, 5.41) is 0. The molecule has 84 valence electrons. The molecule has 0 aromatic heterocycles. The summed E-state index contributed by atoms with van der Waals surface area (Å²) in [6.45, 7) is 9.13. The molecule has 0 N–H and O–H groups in total. The fourth-order valence-electron chi connectivity index (χ4n) is 1.58. The molecule has 0 radical (unpaired) electrons.